The highest BCUT2D eigenvalue weighted by atomic mass is 32.2. The van der Waals surface area contributed by atoms with Crippen LogP contribution in [-0.2, 0) is 17.8 Å². The van der Waals surface area contributed by atoms with Gasteiger partial charge >= 0.3 is 5.82 Å². The van der Waals surface area contributed by atoms with Crippen molar-refractivity contribution in [3.05, 3.63) is 16.3 Å². The van der Waals surface area contributed by atoms with E-state index in [-0.39, 0.29) is 5.82 Å². The van der Waals surface area contributed by atoms with Crippen LogP contribution in [0.2, 0.25) is 0 Å². The Hall–Kier alpha value is -1.88. The van der Waals surface area contributed by atoms with Crippen LogP contribution in [0.3, 0.4) is 0 Å². The monoisotopic (exact) mass is 328 g/mol. The summed E-state index contributed by atoms with van der Waals surface area (Å²) in [5.41, 5.74) is 0. The normalized spacial score (nSPS) is 16.3. The van der Waals surface area contributed by atoms with Crippen molar-refractivity contribution in [2.45, 2.75) is 0 Å². The standard InChI is InChI=1S/C10H12N6O3S2/c1-14-7(16(17)18)6-11-8(14)9-12-13-10(20-9)15-2-4-21(19)5-3-15/h6H,2-5H2,1H3. The SMILES string of the molecule is Cn1c([N+](=O)[O-])cnc1-c1nnc(N2CCS(=O)CC2)s1. The highest BCUT2D eigenvalue weighted by Gasteiger charge is 2.24. The van der Waals surface area contributed by atoms with E-state index in [9.17, 15) is 14.3 Å². The van der Waals surface area contributed by atoms with Gasteiger partial charge < -0.3 is 15.0 Å². The molecule has 0 aliphatic carbocycles. The molecule has 0 radical (unpaired) electrons. The number of nitrogens with zero attached hydrogens (tertiary/aromatic N) is 6. The summed E-state index contributed by atoms with van der Waals surface area (Å²) in [6.07, 6.45) is 1.21. The maximum atomic E-state index is 11.4. The zero-order valence-electron chi connectivity index (χ0n) is 11.1. The van der Waals surface area contributed by atoms with Gasteiger partial charge in [-0.1, -0.05) is 11.3 Å². The predicted octanol–water partition coefficient (Wildman–Crippen LogP) is 0.415. The Morgan fingerprint density at radius 3 is 2.71 bits per heavy atom. The van der Waals surface area contributed by atoms with Gasteiger partial charge in [-0.3, -0.25) is 4.21 Å². The van der Waals surface area contributed by atoms with Gasteiger partial charge in [0.1, 0.15) is 6.20 Å². The minimum Gasteiger partial charge on any atom is -0.358 e. The first-order valence-corrected chi connectivity index (χ1v) is 8.46. The Balaban J connectivity index is 1.85. The van der Waals surface area contributed by atoms with E-state index in [1.807, 2.05) is 4.90 Å². The van der Waals surface area contributed by atoms with Gasteiger partial charge in [-0.05, 0) is 4.92 Å². The van der Waals surface area contributed by atoms with Crippen molar-refractivity contribution in [1.29, 1.82) is 0 Å². The summed E-state index contributed by atoms with van der Waals surface area (Å²) in [5.74, 6) is 1.59. The van der Waals surface area contributed by atoms with Gasteiger partial charge in [-0.25, -0.2) is 9.55 Å². The molecule has 1 aliphatic heterocycles. The lowest BCUT2D eigenvalue weighted by molar-refractivity contribution is -0.391. The number of hydrogen-bond donors (Lipinski definition) is 0. The van der Waals surface area contributed by atoms with E-state index in [1.165, 1.54) is 22.1 Å². The van der Waals surface area contributed by atoms with Crippen molar-refractivity contribution in [2.24, 2.45) is 7.05 Å². The van der Waals surface area contributed by atoms with Crippen molar-refractivity contribution < 1.29 is 9.13 Å². The Labute approximate surface area is 126 Å². The molecular formula is C10H12N6O3S2. The van der Waals surface area contributed by atoms with Crippen LogP contribution >= 0.6 is 11.3 Å². The Kier molecular flexibility index (Phi) is 3.68. The summed E-state index contributed by atoms with van der Waals surface area (Å²) in [5, 5.41) is 20.3. The van der Waals surface area contributed by atoms with E-state index in [2.05, 4.69) is 15.2 Å². The highest BCUT2D eigenvalue weighted by Crippen LogP contribution is 2.29. The molecular weight excluding hydrogens is 316 g/mol. The van der Waals surface area contributed by atoms with Crippen LogP contribution in [0.5, 0.6) is 0 Å². The highest BCUT2D eigenvalue weighted by molar-refractivity contribution is 7.85. The smallest absolute Gasteiger partial charge is 0.342 e. The molecule has 1 fully saturated rings. The van der Waals surface area contributed by atoms with E-state index in [1.54, 1.807) is 7.05 Å². The fourth-order valence-electron chi connectivity index (χ4n) is 2.03. The zero-order chi connectivity index (χ0) is 15.0. The van der Waals surface area contributed by atoms with E-state index in [0.717, 1.165) is 5.13 Å². The van der Waals surface area contributed by atoms with Crippen molar-refractivity contribution in [1.82, 2.24) is 19.7 Å². The Bertz CT molecular complexity index is 701. The van der Waals surface area contributed by atoms with Crippen molar-refractivity contribution in [3.63, 3.8) is 0 Å². The number of rotatable bonds is 3. The van der Waals surface area contributed by atoms with Crippen molar-refractivity contribution in [2.75, 3.05) is 29.5 Å². The average Bonchev–Trinajstić information content (AvgIpc) is 3.06. The van der Waals surface area contributed by atoms with Crippen molar-refractivity contribution >= 4 is 33.1 Å². The lowest BCUT2D eigenvalue weighted by Crippen LogP contribution is -2.37. The van der Waals surface area contributed by atoms with Crippen LogP contribution in [0.15, 0.2) is 6.20 Å². The maximum absolute atomic E-state index is 11.4. The maximum Gasteiger partial charge on any atom is 0.342 e. The van der Waals surface area contributed by atoms with Gasteiger partial charge in [0.15, 0.2) is 0 Å². The molecule has 0 atom stereocenters. The summed E-state index contributed by atoms with van der Waals surface area (Å²) < 4.78 is 12.7. The molecule has 0 aromatic carbocycles. The Morgan fingerprint density at radius 2 is 2.10 bits per heavy atom. The van der Waals surface area contributed by atoms with Crippen molar-refractivity contribution in [3.8, 4) is 10.8 Å². The fraction of sp³-hybridized carbons (Fsp3) is 0.500. The molecule has 0 N–H and O–H groups in total. The first-order chi connectivity index (χ1) is 10.1. The molecule has 2 aromatic rings. The van der Waals surface area contributed by atoms with Crippen LogP contribution in [0.25, 0.3) is 10.8 Å². The minimum absolute atomic E-state index is 0.0879. The molecule has 112 valence electrons. The van der Waals surface area contributed by atoms with E-state index in [4.69, 9.17) is 0 Å². The number of anilines is 1. The number of aromatic nitrogens is 4. The summed E-state index contributed by atoms with van der Waals surface area (Å²) in [6.45, 7) is 1.36. The molecule has 21 heavy (non-hydrogen) atoms. The molecule has 9 nitrogen and oxygen atoms in total. The quantitative estimate of drug-likeness (QED) is 0.593. The molecule has 11 heteroatoms. The molecule has 0 spiro atoms. The van der Waals surface area contributed by atoms with Crippen LogP contribution in [0.1, 0.15) is 0 Å². The van der Waals surface area contributed by atoms with Gasteiger partial charge in [0.25, 0.3) is 5.82 Å². The Morgan fingerprint density at radius 1 is 1.38 bits per heavy atom. The third-order valence-corrected chi connectivity index (χ3v) is 5.46. The second kappa shape index (κ2) is 5.48. The molecule has 0 amide bonds. The number of imidazole rings is 1. The minimum atomic E-state index is -0.746. The molecule has 3 rings (SSSR count). The second-order valence-corrected chi connectivity index (χ2v) is 7.13. The van der Waals surface area contributed by atoms with Gasteiger partial charge in [0, 0.05) is 35.4 Å². The molecule has 1 aliphatic rings. The van der Waals surface area contributed by atoms with Crippen LogP contribution in [0.4, 0.5) is 10.9 Å². The molecule has 0 saturated carbocycles. The van der Waals surface area contributed by atoms with E-state index in [0.29, 0.717) is 35.4 Å². The van der Waals surface area contributed by atoms with Gasteiger partial charge in [0.2, 0.25) is 10.1 Å². The lowest BCUT2D eigenvalue weighted by atomic mass is 10.5. The summed E-state index contributed by atoms with van der Waals surface area (Å²) in [4.78, 5) is 16.4. The topological polar surface area (TPSA) is 107 Å². The third kappa shape index (κ3) is 2.65. The molecule has 3 heterocycles. The molecule has 1 saturated heterocycles. The lowest BCUT2D eigenvalue weighted by Gasteiger charge is -2.24. The van der Waals surface area contributed by atoms with Gasteiger partial charge in [0.05, 0.1) is 7.05 Å². The second-order valence-electron chi connectivity index (χ2n) is 4.48. The zero-order valence-corrected chi connectivity index (χ0v) is 12.8. The average molecular weight is 328 g/mol. The van der Waals surface area contributed by atoms with Gasteiger partial charge in [-0.2, -0.15) is 0 Å². The largest absolute Gasteiger partial charge is 0.358 e. The van der Waals surface area contributed by atoms with Crippen LogP contribution < -0.4 is 4.90 Å². The fourth-order valence-corrected chi connectivity index (χ4v) is 4.01. The third-order valence-electron chi connectivity index (χ3n) is 3.20. The predicted molar refractivity (Wildman–Crippen MR) is 78.9 cm³/mol. The van der Waals surface area contributed by atoms with E-state index < -0.39 is 15.7 Å². The first kappa shape index (κ1) is 14.1. The number of hydrogen-bond acceptors (Lipinski definition) is 8. The number of nitro groups is 1. The summed E-state index contributed by atoms with van der Waals surface area (Å²) >= 11 is 1.33. The van der Waals surface area contributed by atoms with E-state index >= 15 is 0 Å². The van der Waals surface area contributed by atoms with Crippen LogP contribution in [0, 0.1) is 10.1 Å². The van der Waals surface area contributed by atoms with Crippen LogP contribution in [-0.4, -0.2) is 53.5 Å². The summed E-state index contributed by atoms with van der Waals surface area (Å²) in [7, 11) is 0.829. The first-order valence-electron chi connectivity index (χ1n) is 6.16. The van der Waals surface area contributed by atoms with Gasteiger partial charge in [-0.15, -0.1) is 10.2 Å². The molecule has 0 bridgehead atoms. The molecule has 0 unspecified atom stereocenters. The molecule has 2 aromatic heterocycles. The summed E-state index contributed by atoms with van der Waals surface area (Å²) in [6, 6.07) is 0.